The summed E-state index contributed by atoms with van der Waals surface area (Å²) in [5.74, 6) is -0.390. The minimum Gasteiger partial charge on any atom is -0.485 e. The van der Waals surface area contributed by atoms with Gasteiger partial charge < -0.3 is 19.6 Å². The summed E-state index contributed by atoms with van der Waals surface area (Å²) in [6.07, 6.45) is 0. The Kier molecular flexibility index (Phi) is 4.83. The second-order valence-electron chi connectivity index (χ2n) is 4.90. The normalized spacial score (nSPS) is 10.3. The lowest BCUT2D eigenvalue weighted by Crippen LogP contribution is -2.28. The number of aryl methyl sites for hydroxylation is 2. The van der Waals surface area contributed by atoms with E-state index in [9.17, 15) is 9.59 Å². The third kappa shape index (κ3) is 4.12. The molecule has 2 N–H and O–H groups in total. The van der Waals surface area contributed by atoms with Gasteiger partial charge in [0.15, 0.2) is 5.76 Å². The van der Waals surface area contributed by atoms with Crippen LogP contribution < -0.4 is 10.1 Å². The second-order valence-corrected chi connectivity index (χ2v) is 4.90. The molecule has 2 aromatic rings. The van der Waals surface area contributed by atoms with E-state index < -0.39 is 18.4 Å². The molecule has 0 aliphatic heterocycles. The fraction of sp³-hybridized carbons (Fsp3) is 0.250. The van der Waals surface area contributed by atoms with Crippen molar-refractivity contribution >= 4 is 11.9 Å². The van der Waals surface area contributed by atoms with Crippen LogP contribution >= 0.6 is 0 Å². The molecular formula is C16H17NO5. The van der Waals surface area contributed by atoms with Crippen molar-refractivity contribution in [2.45, 2.75) is 20.5 Å². The van der Waals surface area contributed by atoms with Crippen molar-refractivity contribution < 1.29 is 23.8 Å². The van der Waals surface area contributed by atoms with Gasteiger partial charge in [-0.15, -0.1) is 0 Å². The number of carboxylic acids is 1. The molecule has 0 spiro atoms. The number of benzene rings is 1. The standard InChI is InChI=1S/C16H17NO5/c1-10-3-5-13(11(2)7-10)21-9-12-4-6-14(22-12)16(20)17-8-15(18)19/h3-7H,8-9H2,1-2H3,(H,17,20)(H,18,19). The molecular weight excluding hydrogens is 286 g/mol. The highest BCUT2D eigenvalue weighted by molar-refractivity contribution is 5.93. The first-order valence-corrected chi connectivity index (χ1v) is 6.74. The minimum absolute atomic E-state index is 0.0560. The number of carboxylic acid groups (broad SMARTS) is 1. The number of aliphatic carboxylic acids is 1. The van der Waals surface area contributed by atoms with E-state index in [2.05, 4.69) is 5.32 Å². The number of ether oxygens (including phenoxy) is 1. The van der Waals surface area contributed by atoms with E-state index in [1.807, 2.05) is 32.0 Å². The third-order valence-electron chi connectivity index (χ3n) is 2.99. The number of carbonyl (C=O) groups is 2. The molecule has 1 aromatic heterocycles. The number of hydrogen-bond acceptors (Lipinski definition) is 4. The van der Waals surface area contributed by atoms with Gasteiger partial charge in [-0.1, -0.05) is 17.7 Å². The van der Waals surface area contributed by atoms with Crippen molar-refractivity contribution in [1.82, 2.24) is 5.32 Å². The predicted octanol–water partition coefficient (Wildman–Crippen LogP) is 2.29. The third-order valence-corrected chi connectivity index (χ3v) is 2.99. The number of amides is 1. The van der Waals surface area contributed by atoms with E-state index in [0.717, 1.165) is 16.9 Å². The van der Waals surface area contributed by atoms with Crippen LogP contribution in [0.5, 0.6) is 5.75 Å². The van der Waals surface area contributed by atoms with Gasteiger partial charge in [-0.2, -0.15) is 0 Å². The first kappa shape index (κ1) is 15.6. The summed E-state index contributed by atoms with van der Waals surface area (Å²) < 4.78 is 11.0. The number of furan rings is 1. The zero-order valence-corrected chi connectivity index (χ0v) is 12.4. The summed E-state index contributed by atoms with van der Waals surface area (Å²) in [5, 5.41) is 10.7. The highest BCUT2D eigenvalue weighted by Gasteiger charge is 2.12. The highest BCUT2D eigenvalue weighted by Crippen LogP contribution is 2.20. The minimum atomic E-state index is -1.11. The van der Waals surface area contributed by atoms with Gasteiger partial charge in [-0.3, -0.25) is 9.59 Å². The maximum Gasteiger partial charge on any atom is 0.322 e. The zero-order chi connectivity index (χ0) is 16.1. The Labute approximate surface area is 127 Å². The van der Waals surface area contributed by atoms with E-state index in [1.165, 1.54) is 6.07 Å². The van der Waals surface area contributed by atoms with Crippen LogP contribution in [0.25, 0.3) is 0 Å². The highest BCUT2D eigenvalue weighted by atomic mass is 16.5. The van der Waals surface area contributed by atoms with Gasteiger partial charge in [0.1, 0.15) is 24.7 Å². The molecule has 116 valence electrons. The van der Waals surface area contributed by atoms with Crippen molar-refractivity contribution in [2.75, 3.05) is 6.54 Å². The predicted molar refractivity (Wildman–Crippen MR) is 78.9 cm³/mol. The SMILES string of the molecule is Cc1ccc(OCc2ccc(C(=O)NCC(=O)O)o2)c(C)c1. The van der Waals surface area contributed by atoms with Crippen LogP contribution in [0.1, 0.15) is 27.4 Å². The van der Waals surface area contributed by atoms with Crippen molar-refractivity contribution in [3.8, 4) is 5.75 Å². The Morgan fingerprint density at radius 3 is 2.68 bits per heavy atom. The zero-order valence-electron chi connectivity index (χ0n) is 12.4. The molecule has 6 heteroatoms. The molecule has 0 radical (unpaired) electrons. The quantitative estimate of drug-likeness (QED) is 0.854. The van der Waals surface area contributed by atoms with Gasteiger partial charge in [0.2, 0.25) is 0 Å². The molecule has 1 heterocycles. The molecule has 6 nitrogen and oxygen atoms in total. The number of hydrogen-bond donors (Lipinski definition) is 2. The van der Waals surface area contributed by atoms with E-state index in [1.54, 1.807) is 6.07 Å². The van der Waals surface area contributed by atoms with Crippen molar-refractivity contribution in [2.24, 2.45) is 0 Å². The van der Waals surface area contributed by atoms with Gasteiger partial charge in [0.25, 0.3) is 5.91 Å². The van der Waals surface area contributed by atoms with Crippen LogP contribution in [-0.2, 0) is 11.4 Å². The molecule has 2 rings (SSSR count). The molecule has 0 saturated heterocycles. The fourth-order valence-corrected chi connectivity index (χ4v) is 1.93. The monoisotopic (exact) mass is 303 g/mol. The van der Waals surface area contributed by atoms with Crippen molar-refractivity contribution in [1.29, 1.82) is 0 Å². The van der Waals surface area contributed by atoms with E-state index in [4.69, 9.17) is 14.3 Å². The fourth-order valence-electron chi connectivity index (χ4n) is 1.93. The van der Waals surface area contributed by atoms with E-state index in [0.29, 0.717) is 5.76 Å². The van der Waals surface area contributed by atoms with Crippen LogP contribution in [0.4, 0.5) is 0 Å². The lowest BCUT2D eigenvalue weighted by molar-refractivity contribution is -0.135. The van der Waals surface area contributed by atoms with E-state index in [-0.39, 0.29) is 12.4 Å². The Bertz CT molecular complexity index is 690. The van der Waals surface area contributed by atoms with Gasteiger partial charge in [-0.25, -0.2) is 0 Å². The second kappa shape index (κ2) is 6.80. The summed E-state index contributed by atoms with van der Waals surface area (Å²) >= 11 is 0. The first-order chi connectivity index (χ1) is 10.5. The topological polar surface area (TPSA) is 88.8 Å². The largest absolute Gasteiger partial charge is 0.485 e. The maximum atomic E-state index is 11.6. The van der Waals surface area contributed by atoms with Gasteiger partial charge in [0, 0.05) is 0 Å². The maximum absolute atomic E-state index is 11.6. The summed E-state index contributed by atoms with van der Waals surface area (Å²) in [7, 11) is 0. The Morgan fingerprint density at radius 1 is 1.23 bits per heavy atom. The molecule has 0 bridgehead atoms. The first-order valence-electron chi connectivity index (χ1n) is 6.74. The summed E-state index contributed by atoms with van der Waals surface area (Å²) in [5.41, 5.74) is 2.17. The lowest BCUT2D eigenvalue weighted by Gasteiger charge is -2.08. The van der Waals surface area contributed by atoms with Gasteiger partial charge in [-0.05, 0) is 37.6 Å². The van der Waals surface area contributed by atoms with Gasteiger partial charge >= 0.3 is 5.97 Å². The lowest BCUT2D eigenvalue weighted by atomic mass is 10.1. The van der Waals surface area contributed by atoms with Crippen LogP contribution in [0.2, 0.25) is 0 Å². The molecule has 0 fully saturated rings. The Morgan fingerprint density at radius 2 is 2.00 bits per heavy atom. The molecule has 1 amide bonds. The van der Waals surface area contributed by atoms with Crippen LogP contribution in [-0.4, -0.2) is 23.5 Å². The summed E-state index contributed by atoms with van der Waals surface area (Å²) in [6, 6.07) is 8.96. The number of carbonyl (C=O) groups excluding carboxylic acids is 1. The van der Waals surface area contributed by atoms with Gasteiger partial charge in [0.05, 0.1) is 0 Å². The average Bonchev–Trinajstić information content (AvgIpc) is 2.92. The molecule has 0 unspecified atom stereocenters. The van der Waals surface area contributed by atoms with E-state index >= 15 is 0 Å². The van der Waals surface area contributed by atoms with Crippen LogP contribution in [0.3, 0.4) is 0 Å². The summed E-state index contributed by atoms with van der Waals surface area (Å²) in [6.45, 7) is 3.70. The van der Waals surface area contributed by atoms with Crippen molar-refractivity contribution in [3.63, 3.8) is 0 Å². The molecule has 0 saturated carbocycles. The van der Waals surface area contributed by atoms with Crippen molar-refractivity contribution in [3.05, 3.63) is 53.0 Å². The Balaban J connectivity index is 1.94. The average molecular weight is 303 g/mol. The smallest absolute Gasteiger partial charge is 0.322 e. The molecule has 0 atom stereocenters. The molecule has 0 aliphatic carbocycles. The number of rotatable bonds is 6. The molecule has 22 heavy (non-hydrogen) atoms. The van der Waals surface area contributed by atoms with Crippen LogP contribution in [0.15, 0.2) is 34.7 Å². The van der Waals surface area contributed by atoms with Crippen LogP contribution in [0, 0.1) is 13.8 Å². The molecule has 1 aromatic carbocycles. The molecule has 0 aliphatic rings. The Hall–Kier alpha value is -2.76. The summed E-state index contributed by atoms with van der Waals surface area (Å²) in [4.78, 5) is 22.0. The number of nitrogens with one attached hydrogen (secondary N) is 1.